The molecule has 2 saturated heterocycles. The van der Waals surface area contributed by atoms with Crippen molar-refractivity contribution in [2.75, 3.05) is 13.1 Å². The Morgan fingerprint density at radius 2 is 1.96 bits per heavy atom. The van der Waals surface area contributed by atoms with E-state index in [4.69, 9.17) is 10.5 Å². The van der Waals surface area contributed by atoms with Gasteiger partial charge >= 0.3 is 0 Å². The lowest BCUT2D eigenvalue weighted by atomic mass is 9.97. The maximum Gasteiger partial charge on any atom is 0.253 e. The zero-order valence-electron chi connectivity index (χ0n) is 17.0. The van der Waals surface area contributed by atoms with Crippen LogP contribution in [0.15, 0.2) is 18.0 Å². The number of ether oxygens (including phenoxy) is 1. The van der Waals surface area contributed by atoms with Crippen LogP contribution in [0.5, 0.6) is 0 Å². The van der Waals surface area contributed by atoms with Gasteiger partial charge in [0.1, 0.15) is 6.04 Å². The van der Waals surface area contributed by atoms with E-state index >= 15 is 0 Å². The number of hydrogen-bond donors (Lipinski definition) is 3. The van der Waals surface area contributed by atoms with E-state index in [0.29, 0.717) is 25.2 Å². The van der Waals surface area contributed by atoms with Gasteiger partial charge in [0.15, 0.2) is 12.2 Å². The highest BCUT2D eigenvalue weighted by Crippen LogP contribution is 2.26. The van der Waals surface area contributed by atoms with Crippen molar-refractivity contribution in [3.63, 3.8) is 0 Å². The first-order chi connectivity index (χ1) is 13.3. The van der Waals surface area contributed by atoms with Crippen molar-refractivity contribution in [2.24, 2.45) is 11.7 Å². The number of nitrogens with zero attached hydrogens (tertiary/aromatic N) is 1. The zero-order chi connectivity index (χ0) is 20.8. The monoisotopic (exact) mass is 392 g/mol. The van der Waals surface area contributed by atoms with Crippen molar-refractivity contribution in [1.82, 2.24) is 15.5 Å². The molecular weight excluding hydrogens is 360 g/mol. The van der Waals surface area contributed by atoms with Crippen molar-refractivity contribution in [1.29, 1.82) is 0 Å². The molecule has 1 unspecified atom stereocenters. The van der Waals surface area contributed by atoms with Crippen LogP contribution >= 0.6 is 0 Å². The Labute approximate surface area is 166 Å². The summed E-state index contributed by atoms with van der Waals surface area (Å²) in [5, 5.41) is 5.51. The molecule has 0 aromatic heterocycles. The molecule has 4 N–H and O–H groups in total. The molecule has 3 amide bonds. The van der Waals surface area contributed by atoms with Crippen LogP contribution in [-0.2, 0) is 19.1 Å². The van der Waals surface area contributed by atoms with E-state index in [1.54, 1.807) is 4.90 Å². The lowest BCUT2D eigenvalue weighted by Crippen LogP contribution is -2.54. The molecule has 0 radical (unpaired) electrons. The van der Waals surface area contributed by atoms with E-state index in [0.717, 1.165) is 19.3 Å². The molecule has 0 spiro atoms. The third-order valence-corrected chi connectivity index (χ3v) is 5.43. The van der Waals surface area contributed by atoms with Gasteiger partial charge in [0, 0.05) is 13.1 Å². The van der Waals surface area contributed by atoms with Gasteiger partial charge in [-0.05, 0) is 25.2 Å². The van der Waals surface area contributed by atoms with Crippen molar-refractivity contribution >= 4 is 17.7 Å². The summed E-state index contributed by atoms with van der Waals surface area (Å²) < 4.78 is 5.24. The smallest absolute Gasteiger partial charge is 0.253 e. The molecule has 0 bridgehead atoms. The third kappa shape index (κ3) is 4.94. The molecule has 2 fully saturated rings. The minimum Gasteiger partial charge on any atom is -0.394 e. The van der Waals surface area contributed by atoms with Gasteiger partial charge in [0.25, 0.3) is 11.8 Å². The van der Waals surface area contributed by atoms with Gasteiger partial charge in [0.2, 0.25) is 5.91 Å². The standard InChI is InChI=1S/C20H32N4O4/c1-5-10-22-18(25)16-17(28-16)19(26)23-15(12(4)6-2)20(27)24-11-8-9-14(24)13(21)7-3/h12,14-17H,3,5-6,8-11,21H2,1-2,4H3,(H,22,25)(H,23,26)/t12-,14-,15-,16-,17?/m0/s1. The summed E-state index contributed by atoms with van der Waals surface area (Å²) in [5.74, 6) is -0.969. The SMILES string of the molecule is C=C=C(N)[C@@H]1CCCN1C(=O)[C@@H](NC(=O)C1O[C@@H]1C(=O)NCCC)[C@@H](C)CC. The van der Waals surface area contributed by atoms with Crippen molar-refractivity contribution in [3.05, 3.63) is 18.0 Å². The Kier molecular flexibility index (Phi) is 7.66. The van der Waals surface area contributed by atoms with E-state index in [1.165, 1.54) is 0 Å². The number of hydrogen-bond acceptors (Lipinski definition) is 5. The third-order valence-electron chi connectivity index (χ3n) is 5.43. The summed E-state index contributed by atoms with van der Waals surface area (Å²) in [5.41, 5.74) is 9.08. The summed E-state index contributed by atoms with van der Waals surface area (Å²) in [7, 11) is 0. The Balaban J connectivity index is 2.04. The largest absolute Gasteiger partial charge is 0.394 e. The molecule has 5 atom stereocenters. The number of nitrogens with one attached hydrogen (secondary N) is 2. The fraction of sp³-hybridized carbons (Fsp3) is 0.700. The maximum atomic E-state index is 13.2. The molecule has 8 heteroatoms. The first-order valence-corrected chi connectivity index (χ1v) is 10.0. The Hall–Kier alpha value is -2.31. The predicted octanol–water partition coefficient (Wildman–Crippen LogP) is 0.429. The quantitative estimate of drug-likeness (QED) is 0.389. The van der Waals surface area contributed by atoms with Crippen molar-refractivity contribution in [3.8, 4) is 0 Å². The molecule has 2 rings (SSSR count). The van der Waals surface area contributed by atoms with E-state index < -0.39 is 24.2 Å². The van der Waals surface area contributed by atoms with E-state index in [-0.39, 0.29) is 23.8 Å². The van der Waals surface area contributed by atoms with E-state index in [9.17, 15) is 14.4 Å². The Morgan fingerprint density at radius 3 is 2.57 bits per heavy atom. The highest BCUT2D eigenvalue weighted by Gasteiger charge is 2.51. The molecule has 2 aliphatic heterocycles. The van der Waals surface area contributed by atoms with Gasteiger partial charge in [-0.25, -0.2) is 0 Å². The number of amides is 3. The van der Waals surface area contributed by atoms with Crippen LogP contribution in [0, 0.1) is 5.92 Å². The first kappa shape index (κ1) is 22.0. The van der Waals surface area contributed by atoms with Crippen LogP contribution in [0.1, 0.15) is 46.5 Å². The van der Waals surface area contributed by atoms with Crippen LogP contribution < -0.4 is 16.4 Å². The summed E-state index contributed by atoms with van der Waals surface area (Å²) in [6.45, 7) is 10.5. The fourth-order valence-electron chi connectivity index (χ4n) is 3.43. The molecule has 0 aromatic carbocycles. The molecule has 0 saturated carbocycles. The molecule has 156 valence electrons. The molecule has 2 aliphatic rings. The van der Waals surface area contributed by atoms with Crippen LogP contribution in [0.25, 0.3) is 0 Å². The van der Waals surface area contributed by atoms with E-state index in [2.05, 4.69) is 22.9 Å². The van der Waals surface area contributed by atoms with Crippen LogP contribution in [0.3, 0.4) is 0 Å². The molecule has 0 aliphatic carbocycles. The first-order valence-electron chi connectivity index (χ1n) is 10.0. The number of carbonyl (C=O) groups excluding carboxylic acids is 3. The van der Waals surface area contributed by atoms with Gasteiger partial charge in [-0.1, -0.05) is 33.8 Å². The number of likely N-dealkylation sites (tertiary alicyclic amines) is 1. The van der Waals surface area contributed by atoms with Crippen LogP contribution in [0.4, 0.5) is 0 Å². The topological polar surface area (TPSA) is 117 Å². The lowest BCUT2D eigenvalue weighted by Gasteiger charge is -2.31. The van der Waals surface area contributed by atoms with Gasteiger partial charge < -0.3 is 26.0 Å². The van der Waals surface area contributed by atoms with Crippen molar-refractivity contribution < 1.29 is 19.1 Å². The maximum absolute atomic E-state index is 13.2. The van der Waals surface area contributed by atoms with Gasteiger partial charge in [0.05, 0.1) is 11.7 Å². The summed E-state index contributed by atoms with van der Waals surface area (Å²) in [6.07, 6.45) is 1.49. The van der Waals surface area contributed by atoms with Gasteiger partial charge in [-0.2, -0.15) is 0 Å². The van der Waals surface area contributed by atoms with Gasteiger partial charge in [-0.3, -0.25) is 14.4 Å². The molecule has 0 aromatic rings. The molecule has 28 heavy (non-hydrogen) atoms. The minimum absolute atomic E-state index is 0.0715. The van der Waals surface area contributed by atoms with Crippen LogP contribution in [-0.4, -0.2) is 60.0 Å². The number of nitrogens with two attached hydrogens (primary N) is 1. The number of carbonyl (C=O) groups is 3. The Bertz CT molecular complexity index is 659. The highest BCUT2D eigenvalue weighted by atomic mass is 16.6. The Morgan fingerprint density at radius 1 is 1.29 bits per heavy atom. The molecular formula is C20H32N4O4. The average Bonchev–Trinajstić information content (AvgIpc) is 3.36. The average molecular weight is 393 g/mol. The normalized spacial score (nSPS) is 25.4. The second-order valence-corrected chi connectivity index (χ2v) is 7.46. The van der Waals surface area contributed by atoms with Crippen LogP contribution in [0.2, 0.25) is 0 Å². The number of rotatable bonds is 9. The summed E-state index contributed by atoms with van der Waals surface area (Å²) in [6, 6.07) is -0.933. The minimum atomic E-state index is -0.844. The lowest BCUT2D eigenvalue weighted by molar-refractivity contribution is -0.138. The number of epoxide rings is 1. The fourth-order valence-corrected chi connectivity index (χ4v) is 3.43. The second kappa shape index (κ2) is 9.75. The second-order valence-electron chi connectivity index (χ2n) is 7.46. The molecule has 2 heterocycles. The predicted molar refractivity (Wildman–Crippen MR) is 105 cm³/mol. The summed E-state index contributed by atoms with van der Waals surface area (Å²) >= 11 is 0. The zero-order valence-corrected chi connectivity index (χ0v) is 17.0. The highest BCUT2D eigenvalue weighted by molar-refractivity contribution is 5.97. The van der Waals surface area contributed by atoms with E-state index in [1.807, 2.05) is 20.8 Å². The van der Waals surface area contributed by atoms with Crippen molar-refractivity contribution in [2.45, 2.75) is 70.7 Å². The summed E-state index contributed by atoms with van der Waals surface area (Å²) in [4.78, 5) is 39.4. The molecule has 8 nitrogen and oxygen atoms in total. The van der Waals surface area contributed by atoms with Gasteiger partial charge in [-0.15, -0.1) is 5.73 Å².